The molecule has 0 radical (unpaired) electrons. The van der Waals surface area contributed by atoms with Crippen molar-refractivity contribution in [2.45, 2.75) is 19.0 Å². The van der Waals surface area contributed by atoms with Gasteiger partial charge in [-0.15, -0.1) is 12.4 Å². The molecule has 2 aliphatic heterocycles. The Balaban J connectivity index is 0.00000353. The quantitative estimate of drug-likeness (QED) is 0.301. The molecule has 1 atom stereocenters. The Labute approximate surface area is 240 Å². The fourth-order valence-electron chi connectivity index (χ4n) is 4.47. The Hall–Kier alpha value is -3.79. The van der Waals surface area contributed by atoms with Gasteiger partial charge in [0, 0.05) is 35.6 Å². The van der Waals surface area contributed by atoms with Gasteiger partial charge in [0.25, 0.3) is 11.8 Å². The van der Waals surface area contributed by atoms with E-state index in [0.717, 1.165) is 24.3 Å². The highest BCUT2D eigenvalue weighted by Crippen LogP contribution is 2.36. The molecular weight excluding hydrogens is 565 g/mol. The standard InChI is InChI=1S/C27H23Cl2N5O4.ClH/c28-21-8-4-16(11-22(21)29)23(13-24(35)36)34-14-17-3-7-19(12-20(17)26(34)38)32-25(37)15-1-5-18(6-2-15)33-27-30-9-10-31-27;/h1-8,11-12,23H,9-10,13-14H2,(H,32,37)(H,35,36)(H2,30,31,33);1H. The number of amides is 2. The molecule has 1 unspecified atom stereocenters. The maximum atomic E-state index is 13.4. The van der Waals surface area contributed by atoms with E-state index in [1.54, 1.807) is 60.7 Å². The highest BCUT2D eigenvalue weighted by Gasteiger charge is 2.35. The van der Waals surface area contributed by atoms with Gasteiger partial charge in [0.15, 0.2) is 5.96 Å². The maximum Gasteiger partial charge on any atom is 0.305 e. The molecule has 0 aliphatic carbocycles. The number of halogens is 3. The molecule has 2 amide bonds. The number of aliphatic imine (C=N–C) groups is 1. The van der Waals surface area contributed by atoms with Crippen LogP contribution in [0.5, 0.6) is 0 Å². The summed E-state index contributed by atoms with van der Waals surface area (Å²) in [6, 6.07) is 16.1. The van der Waals surface area contributed by atoms with Crippen LogP contribution < -0.4 is 16.0 Å². The van der Waals surface area contributed by atoms with E-state index in [9.17, 15) is 19.5 Å². The third-order valence-electron chi connectivity index (χ3n) is 6.36. The Bertz CT molecular complexity index is 1460. The average Bonchev–Trinajstić information content (AvgIpc) is 3.52. The number of aliphatic carboxylic acids is 1. The molecule has 5 rings (SSSR count). The zero-order chi connectivity index (χ0) is 26.8. The number of carbonyl (C=O) groups excluding carboxylic acids is 2. The lowest BCUT2D eigenvalue weighted by molar-refractivity contribution is -0.138. The van der Waals surface area contributed by atoms with Crippen molar-refractivity contribution in [3.05, 3.63) is 93.0 Å². The third kappa shape index (κ3) is 6.27. The summed E-state index contributed by atoms with van der Waals surface area (Å²) in [6.07, 6.45) is -0.296. The smallest absolute Gasteiger partial charge is 0.305 e. The molecule has 9 nitrogen and oxygen atoms in total. The fraction of sp³-hybridized carbons (Fsp3) is 0.185. The number of carbonyl (C=O) groups is 3. The number of hydrogen-bond acceptors (Lipinski definition) is 6. The van der Waals surface area contributed by atoms with E-state index < -0.39 is 12.0 Å². The normalized spacial score (nSPS) is 14.6. The zero-order valence-electron chi connectivity index (χ0n) is 20.4. The predicted molar refractivity (Wildman–Crippen MR) is 153 cm³/mol. The van der Waals surface area contributed by atoms with Gasteiger partial charge in [-0.3, -0.25) is 19.4 Å². The number of nitrogens with zero attached hydrogens (tertiary/aromatic N) is 2. The van der Waals surface area contributed by atoms with Crippen molar-refractivity contribution in [3.8, 4) is 0 Å². The van der Waals surface area contributed by atoms with Crippen molar-refractivity contribution in [2.24, 2.45) is 4.99 Å². The van der Waals surface area contributed by atoms with Gasteiger partial charge in [0.05, 0.1) is 29.1 Å². The van der Waals surface area contributed by atoms with Crippen molar-refractivity contribution < 1.29 is 19.5 Å². The van der Waals surface area contributed by atoms with Crippen LogP contribution in [-0.4, -0.2) is 46.8 Å². The number of fused-ring (bicyclic) bond motifs is 1. The summed E-state index contributed by atoms with van der Waals surface area (Å²) in [5, 5.41) is 19.2. The second-order valence-corrected chi connectivity index (χ2v) is 9.72. The summed E-state index contributed by atoms with van der Waals surface area (Å²) in [5.74, 6) is -1.00. The monoisotopic (exact) mass is 587 g/mol. The van der Waals surface area contributed by atoms with E-state index in [4.69, 9.17) is 23.2 Å². The topological polar surface area (TPSA) is 123 Å². The number of rotatable bonds is 7. The first-order valence-electron chi connectivity index (χ1n) is 11.9. The van der Waals surface area contributed by atoms with E-state index in [0.29, 0.717) is 33.4 Å². The average molecular weight is 589 g/mol. The van der Waals surface area contributed by atoms with Crippen LogP contribution in [0.25, 0.3) is 0 Å². The molecule has 0 spiro atoms. The molecule has 3 aromatic rings. The molecule has 0 fully saturated rings. The molecule has 0 aromatic heterocycles. The molecule has 2 aliphatic rings. The second kappa shape index (κ2) is 11.9. The molecule has 0 bridgehead atoms. The van der Waals surface area contributed by atoms with Crippen LogP contribution in [0.1, 0.15) is 44.3 Å². The van der Waals surface area contributed by atoms with Gasteiger partial charge in [0.2, 0.25) is 0 Å². The molecule has 2 heterocycles. The number of hydrogen-bond donors (Lipinski definition) is 4. The molecule has 202 valence electrons. The number of anilines is 2. The molecular formula is C27H24Cl3N5O4. The summed E-state index contributed by atoms with van der Waals surface area (Å²) in [5.41, 5.74) is 3.43. The van der Waals surface area contributed by atoms with Crippen LogP contribution in [-0.2, 0) is 11.3 Å². The zero-order valence-corrected chi connectivity index (χ0v) is 22.7. The lowest BCUT2D eigenvalue weighted by atomic mass is 10.0. The molecule has 3 aromatic carbocycles. The predicted octanol–water partition coefficient (Wildman–Crippen LogP) is 5.21. The minimum absolute atomic E-state index is 0. The van der Waals surface area contributed by atoms with Gasteiger partial charge >= 0.3 is 5.97 Å². The first-order valence-corrected chi connectivity index (χ1v) is 12.6. The first kappa shape index (κ1) is 28.2. The number of carboxylic acids is 1. The highest BCUT2D eigenvalue weighted by molar-refractivity contribution is 6.42. The van der Waals surface area contributed by atoms with Crippen molar-refractivity contribution in [3.63, 3.8) is 0 Å². The Morgan fingerprint density at radius 3 is 2.44 bits per heavy atom. The molecule has 12 heteroatoms. The van der Waals surface area contributed by atoms with Gasteiger partial charge in [-0.2, -0.15) is 0 Å². The molecule has 4 N–H and O–H groups in total. The molecule has 0 saturated heterocycles. The van der Waals surface area contributed by atoms with Crippen LogP contribution in [0, 0.1) is 0 Å². The van der Waals surface area contributed by atoms with Crippen LogP contribution in [0.15, 0.2) is 65.7 Å². The van der Waals surface area contributed by atoms with E-state index in [1.165, 1.54) is 4.90 Å². The van der Waals surface area contributed by atoms with Crippen molar-refractivity contribution in [1.29, 1.82) is 0 Å². The van der Waals surface area contributed by atoms with Crippen LogP contribution in [0.2, 0.25) is 10.0 Å². The minimum atomic E-state index is -1.05. The highest BCUT2D eigenvalue weighted by atomic mass is 35.5. The van der Waals surface area contributed by atoms with E-state index in [1.807, 2.05) is 0 Å². The van der Waals surface area contributed by atoms with Gasteiger partial charge in [0.1, 0.15) is 0 Å². The van der Waals surface area contributed by atoms with E-state index in [2.05, 4.69) is 20.9 Å². The van der Waals surface area contributed by atoms with E-state index in [-0.39, 0.29) is 42.2 Å². The summed E-state index contributed by atoms with van der Waals surface area (Å²) in [4.78, 5) is 43.6. The van der Waals surface area contributed by atoms with Crippen molar-refractivity contribution in [2.75, 3.05) is 23.7 Å². The van der Waals surface area contributed by atoms with Crippen molar-refractivity contribution in [1.82, 2.24) is 10.2 Å². The van der Waals surface area contributed by atoms with E-state index >= 15 is 0 Å². The van der Waals surface area contributed by atoms with Gasteiger partial charge in [-0.1, -0.05) is 35.3 Å². The minimum Gasteiger partial charge on any atom is -0.481 e. The van der Waals surface area contributed by atoms with Crippen LogP contribution >= 0.6 is 35.6 Å². The number of carboxylic acid groups (broad SMARTS) is 1. The Kier molecular flexibility index (Phi) is 8.64. The molecule has 39 heavy (non-hydrogen) atoms. The summed E-state index contributed by atoms with van der Waals surface area (Å²) in [6.45, 7) is 1.74. The van der Waals surface area contributed by atoms with Gasteiger partial charge in [-0.05, 0) is 59.7 Å². The van der Waals surface area contributed by atoms with Gasteiger partial charge < -0.3 is 26.0 Å². The summed E-state index contributed by atoms with van der Waals surface area (Å²) in [7, 11) is 0. The van der Waals surface area contributed by atoms with Crippen molar-refractivity contribution >= 4 is 70.7 Å². The lowest BCUT2D eigenvalue weighted by Gasteiger charge is -2.27. The fourth-order valence-corrected chi connectivity index (χ4v) is 4.78. The third-order valence-corrected chi connectivity index (χ3v) is 7.10. The Morgan fingerprint density at radius 2 is 1.77 bits per heavy atom. The number of nitrogens with one attached hydrogen (secondary N) is 3. The lowest BCUT2D eigenvalue weighted by Crippen LogP contribution is -2.30. The molecule has 0 saturated carbocycles. The summed E-state index contributed by atoms with van der Waals surface area (Å²) >= 11 is 12.2. The Morgan fingerprint density at radius 1 is 1.03 bits per heavy atom. The number of benzene rings is 3. The SMILES string of the molecule is Cl.O=C(O)CC(c1ccc(Cl)c(Cl)c1)N1Cc2ccc(NC(=O)c3ccc(NC4=NCCN4)cc3)cc2C1=O. The van der Waals surface area contributed by atoms with Crippen LogP contribution in [0.3, 0.4) is 0 Å². The van der Waals surface area contributed by atoms with Crippen LogP contribution in [0.4, 0.5) is 11.4 Å². The first-order chi connectivity index (χ1) is 18.3. The summed E-state index contributed by atoms with van der Waals surface area (Å²) < 4.78 is 0. The second-order valence-electron chi connectivity index (χ2n) is 8.91. The van der Waals surface area contributed by atoms with Gasteiger partial charge in [-0.25, -0.2) is 0 Å². The number of guanidine groups is 1. The maximum absolute atomic E-state index is 13.4. The largest absolute Gasteiger partial charge is 0.481 e.